The van der Waals surface area contributed by atoms with Crippen LogP contribution in [0.1, 0.15) is 39.2 Å². The van der Waals surface area contributed by atoms with E-state index in [1.165, 1.54) is 19.1 Å². The van der Waals surface area contributed by atoms with Crippen LogP contribution in [0.4, 0.5) is 15.9 Å². The van der Waals surface area contributed by atoms with Crippen molar-refractivity contribution in [3.8, 4) is 0 Å². The zero-order valence-electron chi connectivity index (χ0n) is 15.5. The van der Waals surface area contributed by atoms with Crippen molar-refractivity contribution in [1.82, 2.24) is 9.97 Å². The number of nitrogens with one attached hydrogen (secondary N) is 2. The SMILES string of the molecule is CC(=O)c1cccc(NC(=O)c2cc(NCc3ccccc3F)nc(C)n2)c1. The number of hydrogen-bond donors (Lipinski definition) is 2. The number of amides is 1. The summed E-state index contributed by atoms with van der Waals surface area (Å²) in [5.74, 6) is -0.0163. The lowest BCUT2D eigenvalue weighted by Gasteiger charge is -2.10. The molecule has 0 fully saturated rings. The van der Waals surface area contributed by atoms with E-state index >= 15 is 0 Å². The highest BCUT2D eigenvalue weighted by molar-refractivity contribution is 6.04. The third-order valence-corrected chi connectivity index (χ3v) is 4.02. The van der Waals surface area contributed by atoms with Crippen molar-refractivity contribution in [1.29, 1.82) is 0 Å². The molecule has 142 valence electrons. The number of aromatic nitrogens is 2. The Hall–Kier alpha value is -3.61. The van der Waals surface area contributed by atoms with E-state index in [1.54, 1.807) is 49.4 Å². The third kappa shape index (κ3) is 4.76. The molecule has 0 saturated carbocycles. The molecule has 0 aliphatic rings. The highest BCUT2D eigenvalue weighted by atomic mass is 19.1. The summed E-state index contributed by atoms with van der Waals surface area (Å²) in [6.07, 6.45) is 0. The van der Waals surface area contributed by atoms with Crippen LogP contribution in [0.25, 0.3) is 0 Å². The van der Waals surface area contributed by atoms with Gasteiger partial charge in [0, 0.05) is 29.4 Å². The number of aryl methyl sites for hydroxylation is 1. The van der Waals surface area contributed by atoms with Gasteiger partial charge in [0.2, 0.25) is 0 Å². The van der Waals surface area contributed by atoms with Crippen LogP contribution in [0, 0.1) is 12.7 Å². The van der Waals surface area contributed by atoms with Gasteiger partial charge in [-0.2, -0.15) is 0 Å². The predicted octanol–water partition coefficient (Wildman–Crippen LogP) is 3.99. The molecule has 6 nitrogen and oxygen atoms in total. The van der Waals surface area contributed by atoms with Crippen molar-refractivity contribution in [2.75, 3.05) is 10.6 Å². The molecular formula is C21H19FN4O2. The zero-order valence-corrected chi connectivity index (χ0v) is 15.5. The number of hydrogen-bond acceptors (Lipinski definition) is 5. The van der Waals surface area contributed by atoms with E-state index in [9.17, 15) is 14.0 Å². The average molecular weight is 378 g/mol. The van der Waals surface area contributed by atoms with Crippen LogP contribution in [0.3, 0.4) is 0 Å². The molecule has 28 heavy (non-hydrogen) atoms. The molecule has 1 heterocycles. The molecule has 0 saturated heterocycles. The second-order valence-electron chi connectivity index (χ2n) is 6.22. The molecule has 1 aromatic heterocycles. The van der Waals surface area contributed by atoms with Crippen molar-refractivity contribution in [3.05, 3.63) is 83.1 Å². The molecule has 0 spiro atoms. The van der Waals surface area contributed by atoms with E-state index in [2.05, 4.69) is 20.6 Å². The molecular weight excluding hydrogens is 359 g/mol. The molecule has 0 radical (unpaired) electrons. The van der Waals surface area contributed by atoms with Crippen LogP contribution >= 0.6 is 0 Å². The summed E-state index contributed by atoms with van der Waals surface area (Å²) in [6, 6.07) is 14.6. The largest absolute Gasteiger partial charge is 0.366 e. The van der Waals surface area contributed by atoms with Crippen LogP contribution in [-0.2, 0) is 6.54 Å². The van der Waals surface area contributed by atoms with Gasteiger partial charge in [-0.05, 0) is 32.0 Å². The Balaban J connectivity index is 1.75. The van der Waals surface area contributed by atoms with Crippen molar-refractivity contribution in [2.45, 2.75) is 20.4 Å². The minimum atomic E-state index is -0.430. The van der Waals surface area contributed by atoms with Crippen molar-refractivity contribution >= 4 is 23.2 Å². The van der Waals surface area contributed by atoms with E-state index in [0.29, 0.717) is 28.5 Å². The number of benzene rings is 2. The highest BCUT2D eigenvalue weighted by Gasteiger charge is 2.12. The van der Waals surface area contributed by atoms with Gasteiger partial charge in [0.05, 0.1) is 0 Å². The fraction of sp³-hybridized carbons (Fsp3) is 0.143. The van der Waals surface area contributed by atoms with Crippen LogP contribution < -0.4 is 10.6 Å². The molecule has 0 aliphatic carbocycles. The van der Waals surface area contributed by atoms with Gasteiger partial charge in [-0.3, -0.25) is 9.59 Å². The smallest absolute Gasteiger partial charge is 0.274 e. The fourth-order valence-electron chi connectivity index (χ4n) is 2.61. The number of nitrogens with zero attached hydrogens (tertiary/aromatic N) is 2. The number of ketones is 1. The number of anilines is 2. The molecule has 0 atom stereocenters. The second-order valence-corrected chi connectivity index (χ2v) is 6.22. The standard InChI is InChI=1S/C21H19FN4O2/c1-13(27)15-7-5-8-17(10-15)26-21(28)19-11-20(25-14(2)24-19)23-12-16-6-3-4-9-18(16)22/h3-11H,12H2,1-2H3,(H,26,28)(H,23,24,25). The van der Waals surface area contributed by atoms with Crippen LogP contribution in [-0.4, -0.2) is 21.7 Å². The van der Waals surface area contributed by atoms with Gasteiger partial charge >= 0.3 is 0 Å². The Morgan fingerprint density at radius 2 is 1.82 bits per heavy atom. The Labute approximate surface area is 161 Å². The Morgan fingerprint density at radius 3 is 2.57 bits per heavy atom. The summed E-state index contributed by atoms with van der Waals surface area (Å²) in [7, 11) is 0. The van der Waals surface area contributed by atoms with Crippen LogP contribution in [0.15, 0.2) is 54.6 Å². The van der Waals surface area contributed by atoms with Crippen molar-refractivity contribution in [2.24, 2.45) is 0 Å². The lowest BCUT2D eigenvalue weighted by atomic mass is 10.1. The summed E-state index contributed by atoms with van der Waals surface area (Å²) in [5.41, 5.74) is 1.65. The minimum absolute atomic E-state index is 0.0893. The first-order valence-corrected chi connectivity index (χ1v) is 8.67. The van der Waals surface area contributed by atoms with E-state index < -0.39 is 5.91 Å². The summed E-state index contributed by atoms with van der Waals surface area (Å²) >= 11 is 0. The molecule has 0 unspecified atom stereocenters. The predicted molar refractivity (Wildman–Crippen MR) is 105 cm³/mol. The number of rotatable bonds is 6. The second kappa shape index (κ2) is 8.39. The maximum Gasteiger partial charge on any atom is 0.274 e. The molecule has 3 aromatic rings. The van der Waals surface area contributed by atoms with Gasteiger partial charge in [0.15, 0.2) is 5.78 Å². The molecule has 0 bridgehead atoms. The molecule has 2 aromatic carbocycles. The van der Waals surface area contributed by atoms with Gasteiger partial charge in [-0.25, -0.2) is 14.4 Å². The summed E-state index contributed by atoms with van der Waals surface area (Å²) < 4.78 is 13.7. The Morgan fingerprint density at radius 1 is 1.04 bits per heavy atom. The third-order valence-electron chi connectivity index (χ3n) is 4.02. The average Bonchev–Trinajstić information content (AvgIpc) is 2.67. The molecule has 0 aliphatic heterocycles. The molecule has 3 rings (SSSR count). The first-order chi connectivity index (χ1) is 13.4. The highest BCUT2D eigenvalue weighted by Crippen LogP contribution is 2.15. The molecule has 2 N–H and O–H groups in total. The fourth-order valence-corrected chi connectivity index (χ4v) is 2.61. The lowest BCUT2D eigenvalue weighted by molar-refractivity contribution is 0.100. The molecule has 1 amide bonds. The topological polar surface area (TPSA) is 84.0 Å². The number of carbonyl (C=O) groups excluding carboxylic acids is 2. The molecule has 7 heteroatoms. The normalized spacial score (nSPS) is 10.4. The van der Waals surface area contributed by atoms with Crippen molar-refractivity contribution < 1.29 is 14.0 Å². The minimum Gasteiger partial charge on any atom is -0.366 e. The van der Waals surface area contributed by atoms with E-state index in [0.717, 1.165) is 0 Å². The van der Waals surface area contributed by atoms with E-state index in [-0.39, 0.29) is 23.8 Å². The maximum atomic E-state index is 13.7. The van der Waals surface area contributed by atoms with Gasteiger partial charge in [0.1, 0.15) is 23.2 Å². The first kappa shape index (κ1) is 19.2. The van der Waals surface area contributed by atoms with Gasteiger partial charge in [0.25, 0.3) is 5.91 Å². The maximum absolute atomic E-state index is 13.7. The number of carbonyl (C=O) groups is 2. The van der Waals surface area contributed by atoms with Gasteiger partial charge < -0.3 is 10.6 Å². The van der Waals surface area contributed by atoms with E-state index in [4.69, 9.17) is 0 Å². The monoisotopic (exact) mass is 378 g/mol. The van der Waals surface area contributed by atoms with Gasteiger partial charge in [-0.1, -0.05) is 30.3 Å². The summed E-state index contributed by atoms with van der Waals surface area (Å²) in [5, 5.41) is 5.73. The Bertz CT molecular complexity index is 1040. The number of halogens is 1. The quantitative estimate of drug-likeness (QED) is 0.634. The van der Waals surface area contributed by atoms with Gasteiger partial charge in [-0.15, -0.1) is 0 Å². The van der Waals surface area contributed by atoms with E-state index in [1.807, 2.05) is 0 Å². The van der Waals surface area contributed by atoms with Crippen LogP contribution in [0.5, 0.6) is 0 Å². The lowest BCUT2D eigenvalue weighted by Crippen LogP contribution is -2.16. The number of Topliss-reactive ketones (excluding diaryl/α,β-unsaturated/α-hetero) is 1. The zero-order chi connectivity index (χ0) is 20.1. The first-order valence-electron chi connectivity index (χ1n) is 8.67. The summed E-state index contributed by atoms with van der Waals surface area (Å²) in [6.45, 7) is 3.36. The van der Waals surface area contributed by atoms with Crippen LogP contribution in [0.2, 0.25) is 0 Å². The van der Waals surface area contributed by atoms with Crippen molar-refractivity contribution in [3.63, 3.8) is 0 Å². The summed E-state index contributed by atoms with van der Waals surface area (Å²) in [4.78, 5) is 32.4. The Kier molecular flexibility index (Phi) is 5.74.